The molecule has 4 aromatic rings. The second-order valence-electron chi connectivity index (χ2n) is 6.85. The molecule has 0 aliphatic carbocycles. The van der Waals surface area contributed by atoms with Crippen LogP contribution in [0.1, 0.15) is 21.5 Å². The highest BCUT2D eigenvalue weighted by atomic mass is 35.5. The van der Waals surface area contributed by atoms with Gasteiger partial charge < -0.3 is 5.32 Å². The lowest BCUT2D eigenvalue weighted by atomic mass is 10.0. The largest absolute Gasteiger partial charge is 0.322 e. The third-order valence-corrected chi connectivity index (χ3v) is 4.99. The van der Waals surface area contributed by atoms with Crippen LogP contribution in [0.25, 0.3) is 22.2 Å². The van der Waals surface area contributed by atoms with Crippen LogP contribution in [0, 0.1) is 13.8 Å². The Balaban J connectivity index is 1.81. The van der Waals surface area contributed by atoms with Crippen molar-refractivity contribution in [2.75, 3.05) is 5.32 Å². The standard InChI is InChI=1S/C24H19ClN2O/c1-15-7-8-16(2)22(13-15)27-24(28)20-14-23(17-9-11-18(25)12-10-17)26-21-6-4-3-5-19(20)21/h3-14H,1-2H3,(H,27,28). The van der Waals surface area contributed by atoms with Crippen molar-refractivity contribution in [3.05, 3.63) is 94.5 Å². The molecule has 28 heavy (non-hydrogen) atoms. The fourth-order valence-electron chi connectivity index (χ4n) is 3.19. The summed E-state index contributed by atoms with van der Waals surface area (Å²) in [5.74, 6) is -0.150. The minimum atomic E-state index is -0.150. The lowest BCUT2D eigenvalue weighted by molar-refractivity contribution is 0.102. The SMILES string of the molecule is Cc1ccc(C)c(NC(=O)c2cc(-c3ccc(Cl)cc3)nc3ccccc23)c1. The van der Waals surface area contributed by atoms with Crippen LogP contribution < -0.4 is 5.32 Å². The second-order valence-corrected chi connectivity index (χ2v) is 7.29. The van der Waals surface area contributed by atoms with Crippen molar-refractivity contribution in [3.63, 3.8) is 0 Å². The number of rotatable bonds is 3. The highest BCUT2D eigenvalue weighted by molar-refractivity contribution is 6.30. The summed E-state index contributed by atoms with van der Waals surface area (Å²) in [5, 5.41) is 4.55. The lowest BCUT2D eigenvalue weighted by Gasteiger charge is -2.12. The smallest absolute Gasteiger partial charge is 0.256 e. The fraction of sp³-hybridized carbons (Fsp3) is 0.0833. The summed E-state index contributed by atoms with van der Waals surface area (Å²) in [4.78, 5) is 17.9. The molecule has 138 valence electrons. The summed E-state index contributed by atoms with van der Waals surface area (Å²) >= 11 is 6.01. The molecule has 1 heterocycles. The number of carbonyl (C=O) groups excluding carboxylic acids is 1. The zero-order valence-corrected chi connectivity index (χ0v) is 16.4. The maximum absolute atomic E-state index is 13.2. The van der Waals surface area contributed by atoms with E-state index in [9.17, 15) is 4.79 Å². The molecule has 1 amide bonds. The minimum Gasteiger partial charge on any atom is -0.322 e. The monoisotopic (exact) mass is 386 g/mol. The van der Waals surface area contributed by atoms with E-state index in [4.69, 9.17) is 16.6 Å². The van der Waals surface area contributed by atoms with Gasteiger partial charge in [-0.2, -0.15) is 0 Å². The van der Waals surface area contributed by atoms with Crippen molar-refractivity contribution in [1.29, 1.82) is 0 Å². The first-order valence-electron chi connectivity index (χ1n) is 9.05. The van der Waals surface area contributed by atoms with Crippen molar-refractivity contribution < 1.29 is 4.79 Å². The normalized spacial score (nSPS) is 10.8. The molecular weight excluding hydrogens is 368 g/mol. The van der Waals surface area contributed by atoms with E-state index >= 15 is 0 Å². The number of nitrogens with one attached hydrogen (secondary N) is 1. The first kappa shape index (κ1) is 18.2. The van der Waals surface area contributed by atoms with Crippen LogP contribution in [0.4, 0.5) is 5.69 Å². The van der Waals surface area contributed by atoms with E-state index in [-0.39, 0.29) is 5.91 Å². The average molecular weight is 387 g/mol. The molecule has 0 aliphatic rings. The molecule has 0 bridgehead atoms. The van der Waals surface area contributed by atoms with Crippen LogP contribution in [-0.2, 0) is 0 Å². The molecule has 4 heteroatoms. The van der Waals surface area contributed by atoms with Crippen LogP contribution in [0.15, 0.2) is 72.8 Å². The zero-order valence-electron chi connectivity index (χ0n) is 15.7. The highest BCUT2D eigenvalue weighted by Crippen LogP contribution is 2.27. The van der Waals surface area contributed by atoms with E-state index in [1.54, 1.807) is 0 Å². The molecule has 0 atom stereocenters. The average Bonchev–Trinajstić information content (AvgIpc) is 2.70. The summed E-state index contributed by atoms with van der Waals surface area (Å²) in [6.45, 7) is 3.99. The molecule has 1 N–H and O–H groups in total. The Morgan fingerprint density at radius 2 is 1.68 bits per heavy atom. The van der Waals surface area contributed by atoms with Crippen molar-refractivity contribution in [2.45, 2.75) is 13.8 Å². The Hall–Kier alpha value is -3.17. The van der Waals surface area contributed by atoms with E-state index in [1.807, 2.05) is 86.6 Å². The number of aryl methyl sites for hydroxylation is 2. The third-order valence-electron chi connectivity index (χ3n) is 4.74. The number of nitrogens with zero attached hydrogens (tertiary/aromatic N) is 1. The van der Waals surface area contributed by atoms with Gasteiger partial charge in [0.15, 0.2) is 0 Å². The molecule has 0 saturated carbocycles. The Bertz CT molecular complexity index is 1180. The van der Waals surface area contributed by atoms with Gasteiger partial charge in [0.25, 0.3) is 5.91 Å². The maximum atomic E-state index is 13.2. The van der Waals surface area contributed by atoms with Gasteiger partial charge >= 0.3 is 0 Å². The van der Waals surface area contributed by atoms with Gasteiger partial charge in [0.1, 0.15) is 0 Å². The number of anilines is 1. The van der Waals surface area contributed by atoms with Crippen molar-refractivity contribution >= 4 is 34.1 Å². The molecule has 0 unspecified atom stereocenters. The first-order chi connectivity index (χ1) is 13.5. The van der Waals surface area contributed by atoms with Crippen LogP contribution >= 0.6 is 11.6 Å². The summed E-state index contributed by atoms with van der Waals surface area (Å²) in [6, 6.07) is 23.0. The summed E-state index contributed by atoms with van der Waals surface area (Å²) < 4.78 is 0. The van der Waals surface area contributed by atoms with Crippen LogP contribution in [-0.4, -0.2) is 10.9 Å². The molecule has 0 aliphatic heterocycles. The predicted octanol–water partition coefficient (Wildman–Crippen LogP) is 6.42. The van der Waals surface area contributed by atoms with E-state index in [1.165, 1.54) is 0 Å². The first-order valence-corrected chi connectivity index (χ1v) is 9.43. The number of halogens is 1. The van der Waals surface area contributed by atoms with Crippen molar-refractivity contribution in [2.24, 2.45) is 0 Å². The Morgan fingerprint density at radius 3 is 2.46 bits per heavy atom. The quantitative estimate of drug-likeness (QED) is 0.441. The predicted molar refractivity (Wildman–Crippen MR) is 116 cm³/mol. The molecule has 1 aromatic heterocycles. The number of pyridine rings is 1. The molecular formula is C24H19ClN2O. The molecule has 0 spiro atoms. The number of hydrogen-bond acceptors (Lipinski definition) is 2. The Morgan fingerprint density at radius 1 is 0.929 bits per heavy atom. The fourth-order valence-corrected chi connectivity index (χ4v) is 3.32. The lowest BCUT2D eigenvalue weighted by Crippen LogP contribution is -2.14. The summed E-state index contributed by atoms with van der Waals surface area (Å²) in [7, 11) is 0. The van der Waals surface area contributed by atoms with Gasteiger partial charge in [0.2, 0.25) is 0 Å². The van der Waals surface area contributed by atoms with Gasteiger partial charge in [-0.25, -0.2) is 4.98 Å². The zero-order chi connectivity index (χ0) is 19.7. The molecule has 0 fully saturated rings. The number of hydrogen-bond donors (Lipinski definition) is 1. The van der Waals surface area contributed by atoms with Gasteiger partial charge in [-0.3, -0.25) is 4.79 Å². The van der Waals surface area contributed by atoms with Gasteiger partial charge in [-0.05, 0) is 55.3 Å². The van der Waals surface area contributed by atoms with Crippen molar-refractivity contribution in [3.8, 4) is 11.3 Å². The number of benzene rings is 3. The van der Waals surface area contributed by atoms with E-state index in [0.717, 1.165) is 39.0 Å². The molecule has 3 aromatic carbocycles. The highest BCUT2D eigenvalue weighted by Gasteiger charge is 2.15. The summed E-state index contributed by atoms with van der Waals surface area (Å²) in [5.41, 5.74) is 5.96. The summed E-state index contributed by atoms with van der Waals surface area (Å²) in [6.07, 6.45) is 0. The number of carbonyl (C=O) groups is 1. The van der Waals surface area contributed by atoms with E-state index in [2.05, 4.69) is 5.32 Å². The number of para-hydroxylation sites is 1. The molecule has 4 rings (SSSR count). The van der Waals surface area contributed by atoms with Crippen LogP contribution in [0.3, 0.4) is 0 Å². The Labute approximate surface area is 169 Å². The molecule has 0 radical (unpaired) electrons. The topological polar surface area (TPSA) is 42.0 Å². The second kappa shape index (κ2) is 7.45. The van der Waals surface area contributed by atoms with Gasteiger partial charge in [0.05, 0.1) is 16.8 Å². The molecule has 3 nitrogen and oxygen atoms in total. The maximum Gasteiger partial charge on any atom is 0.256 e. The minimum absolute atomic E-state index is 0.150. The van der Waals surface area contributed by atoms with E-state index < -0.39 is 0 Å². The van der Waals surface area contributed by atoms with Crippen LogP contribution in [0.2, 0.25) is 5.02 Å². The Kier molecular flexibility index (Phi) is 4.84. The van der Waals surface area contributed by atoms with Crippen molar-refractivity contribution in [1.82, 2.24) is 4.98 Å². The number of amides is 1. The van der Waals surface area contributed by atoms with Gasteiger partial charge in [-0.15, -0.1) is 0 Å². The third kappa shape index (κ3) is 3.62. The van der Waals surface area contributed by atoms with Gasteiger partial charge in [-0.1, -0.05) is 54.1 Å². The molecule has 0 saturated heterocycles. The number of fused-ring (bicyclic) bond motifs is 1. The van der Waals surface area contributed by atoms with E-state index in [0.29, 0.717) is 10.6 Å². The van der Waals surface area contributed by atoms with Crippen LogP contribution in [0.5, 0.6) is 0 Å². The number of aromatic nitrogens is 1. The van der Waals surface area contributed by atoms with Gasteiger partial charge in [0, 0.05) is 21.7 Å².